The molecular formula is C20H26N2O4. The van der Waals surface area contributed by atoms with E-state index in [2.05, 4.69) is 10.1 Å². The number of benzene rings is 1. The number of carbonyl (C=O) groups is 3. The summed E-state index contributed by atoms with van der Waals surface area (Å²) in [5.41, 5.74) is 1.12. The number of ether oxygens (including phenoxy) is 1. The molecule has 0 unspecified atom stereocenters. The van der Waals surface area contributed by atoms with Gasteiger partial charge in [0.25, 0.3) is 0 Å². The van der Waals surface area contributed by atoms with Gasteiger partial charge in [-0.2, -0.15) is 0 Å². The van der Waals surface area contributed by atoms with Crippen LogP contribution in [0.1, 0.15) is 48.9 Å². The third-order valence-electron chi connectivity index (χ3n) is 5.44. The molecule has 140 valence electrons. The minimum Gasteiger partial charge on any atom is -0.465 e. The summed E-state index contributed by atoms with van der Waals surface area (Å²) in [4.78, 5) is 38.4. The van der Waals surface area contributed by atoms with E-state index in [1.54, 1.807) is 24.3 Å². The van der Waals surface area contributed by atoms with Gasteiger partial charge in [0.05, 0.1) is 12.7 Å². The van der Waals surface area contributed by atoms with E-state index in [4.69, 9.17) is 0 Å². The molecule has 3 rings (SSSR count). The second-order valence-corrected chi connectivity index (χ2v) is 7.14. The largest absolute Gasteiger partial charge is 0.465 e. The minimum absolute atomic E-state index is 0.0112. The maximum atomic E-state index is 12.5. The van der Waals surface area contributed by atoms with Gasteiger partial charge in [-0.05, 0) is 62.8 Å². The van der Waals surface area contributed by atoms with Crippen LogP contribution in [0, 0.1) is 11.8 Å². The van der Waals surface area contributed by atoms with Crippen molar-refractivity contribution in [3.63, 3.8) is 0 Å². The molecule has 6 nitrogen and oxygen atoms in total. The van der Waals surface area contributed by atoms with Crippen molar-refractivity contribution < 1.29 is 19.1 Å². The lowest BCUT2D eigenvalue weighted by molar-refractivity contribution is -0.136. The van der Waals surface area contributed by atoms with Crippen LogP contribution >= 0.6 is 0 Å². The third-order valence-corrected chi connectivity index (χ3v) is 5.44. The van der Waals surface area contributed by atoms with Crippen molar-refractivity contribution in [3.8, 4) is 0 Å². The number of esters is 1. The zero-order valence-corrected chi connectivity index (χ0v) is 15.2. The van der Waals surface area contributed by atoms with Crippen LogP contribution in [0.4, 0.5) is 5.69 Å². The number of hydrogen-bond donors (Lipinski definition) is 1. The van der Waals surface area contributed by atoms with Crippen LogP contribution in [-0.4, -0.2) is 42.9 Å². The zero-order valence-electron chi connectivity index (χ0n) is 15.2. The van der Waals surface area contributed by atoms with Gasteiger partial charge < -0.3 is 15.0 Å². The normalized spacial score (nSPS) is 22.7. The van der Waals surface area contributed by atoms with E-state index >= 15 is 0 Å². The van der Waals surface area contributed by atoms with Crippen LogP contribution in [0.15, 0.2) is 24.3 Å². The summed E-state index contributed by atoms with van der Waals surface area (Å²) in [5.74, 6) is -0.110. The van der Waals surface area contributed by atoms with Crippen LogP contribution < -0.4 is 5.32 Å². The highest BCUT2D eigenvalue weighted by molar-refractivity contribution is 5.94. The molecule has 1 N–H and O–H groups in total. The number of rotatable bonds is 4. The van der Waals surface area contributed by atoms with Crippen LogP contribution in [0.25, 0.3) is 0 Å². The topological polar surface area (TPSA) is 75.7 Å². The Morgan fingerprint density at radius 3 is 2.12 bits per heavy atom. The summed E-state index contributed by atoms with van der Waals surface area (Å²) in [6.45, 7) is 1.78. The first kappa shape index (κ1) is 18.4. The SMILES string of the molecule is COC(=O)c1ccc(NC(=O)C2CCC(C(=O)N3CCCC3)CC2)cc1. The highest BCUT2D eigenvalue weighted by Gasteiger charge is 2.32. The summed E-state index contributed by atoms with van der Waals surface area (Å²) in [6.07, 6.45) is 5.28. The van der Waals surface area contributed by atoms with Crippen molar-refractivity contribution in [1.82, 2.24) is 4.90 Å². The molecule has 0 atom stereocenters. The summed E-state index contributed by atoms with van der Waals surface area (Å²) in [6, 6.07) is 6.67. The predicted octanol–water partition coefficient (Wildman–Crippen LogP) is 2.84. The molecule has 1 saturated heterocycles. The number of hydrogen-bond acceptors (Lipinski definition) is 4. The highest BCUT2D eigenvalue weighted by Crippen LogP contribution is 2.31. The van der Waals surface area contributed by atoms with E-state index in [0.29, 0.717) is 11.3 Å². The predicted molar refractivity (Wildman–Crippen MR) is 97.7 cm³/mol. The van der Waals surface area contributed by atoms with Crippen molar-refractivity contribution in [2.45, 2.75) is 38.5 Å². The molecule has 2 aliphatic rings. The van der Waals surface area contributed by atoms with Crippen LogP contribution in [0.3, 0.4) is 0 Å². The molecule has 2 fully saturated rings. The average Bonchev–Trinajstić information content (AvgIpc) is 3.22. The molecule has 26 heavy (non-hydrogen) atoms. The van der Waals surface area contributed by atoms with Crippen LogP contribution in [0.5, 0.6) is 0 Å². The monoisotopic (exact) mass is 358 g/mol. The molecule has 0 aromatic heterocycles. The van der Waals surface area contributed by atoms with E-state index in [-0.39, 0.29) is 23.7 Å². The Morgan fingerprint density at radius 2 is 1.54 bits per heavy atom. The lowest BCUT2D eigenvalue weighted by Crippen LogP contribution is -2.37. The van der Waals surface area contributed by atoms with Gasteiger partial charge in [-0.25, -0.2) is 4.79 Å². The van der Waals surface area contributed by atoms with Crippen LogP contribution in [0.2, 0.25) is 0 Å². The first-order chi connectivity index (χ1) is 12.6. The summed E-state index contributed by atoms with van der Waals surface area (Å²) in [5, 5.41) is 2.91. The molecule has 1 saturated carbocycles. The maximum absolute atomic E-state index is 12.5. The standard InChI is InChI=1S/C20H26N2O4/c1-26-20(25)16-8-10-17(11-9-16)21-18(23)14-4-6-15(7-5-14)19(24)22-12-2-3-13-22/h8-11,14-15H,2-7,12-13H2,1H3,(H,21,23). The van der Waals surface area contributed by atoms with E-state index in [1.165, 1.54) is 7.11 Å². The molecule has 6 heteroatoms. The fraction of sp³-hybridized carbons (Fsp3) is 0.550. The summed E-state index contributed by atoms with van der Waals surface area (Å²) in [7, 11) is 1.34. The Bertz CT molecular complexity index is 657. The number of amides is 2. The van der Waals surface area contributed by atoms with Gasteiger partial charge in [0, 0.05) is 30.6 Å². The molecule has 0 spiro atoms. The molecule has 1 aliphatic carbocycles. The number of likely N-dealkylation sites (tertiary alicyclic amines) is 1. The van der Waals surface area contributed by atoms with Gasteiger partial charge in [-0.15, -0.1) is 0 Å². The highest BCUT2D eigenvalue weighted by atomic mass is 16.5. The van der Waals surface area contributed by atoms with E-state index in [0.717, 1.165) is 51.6 Å². The van der Waals surface area contributed by atoms with Crippen molar-refractivity contribution >= 4 is 23.5 Å². The van der Waals surface area contributed by atoms with Crippen molar-refractivity contribution in [2.24, 2.45) is 11.8 Å². The second-order valence-electron chi connectivity index (χ2n) is 7.14. The minimum atomic E-state index is -0.399. The smallest absolute Gasteiger partial charge is 0.337 e. The van der Waals surface area contributed by atoms with Gasteiger partial charge in [0.2, 0.25) is 11.8 Å². The molecule has 1 heterocycles. The van der Waals surface area contributed by atoms with Gasteiger partial charge in [-0.1, -0.05) is 0 Å². The fourth-order valence-corrected chi connectivity index (χ4v) is 3.85. The Hall–Kier alpha value is -2.37. The lowest BCUT2D eigenvalue weighted by Gasteiger charge is -2.29. The lowest BCUT2D eigenvalue weighted by atomic mass is 9.81. The van der Waals surface area contributed by atoms with Gasteiger partial charge >= 0.3 is 5.97 Å². The molecule has 1 aromatic carbocycles. The van der Waals surface area contributed by atoms with E-state index in [9.17, 15) is 14.4 Å². The number of nitrogens with one attached hydrogen (secondary N) is 1. The Morgan fingerprint density at radius 1 is 0.962 bits per heavy atom. The van der Waals surface area contributed by atoms with Gasteiger partial charge in [-0.3, -0.25) is 9.59 Å². The number of methoxy groups -OCH3 is 1. The summed E-state index contributed by atoms with van der Waals surface area (Å²) >= 11 is 0. The molecule has 0 bridgehead atoms. The number of anilines is 1. The quantitative estimate of drug-likeness (QED) is 0.840. The third kappa shape index (κ3) is 4.23. The van der Waals surface area contributed by atoms with Crippen LogP contribution in [-0.2, 0) is 14.3 Å². The molecular weight excluding hydrogens is 332 g/mol. The molecule has 1 aliphatic heterocycles. The summed E-state index contributed by atoms with van der Waals surface area (Å²) < 4.78 is 4.66. The maximum Gasteiger partial charge on any atom is 0.337 e. The Kier molecular flexibility index (Phi) is 5.91. The first-order valence-electron chi connectivity index (χ1n) is 9.36. The van der Waals surface area contributed by atoms with E-state index in [1.807, 2.05) is 4.90 Å². The van der Waals surface area contributed by atoms with E-state index < -0.39 is 5.97 Å². The molecule has 2 amide bonds. The number of carbonyl (C=O) groups excluding carboxylic acids is 3. The first-order valence-corrected chi connectivity index (χ1v) is 9.36. The van der Waals surface area contributed by atoms with Crippen molar-refractivity contribution in [3.05, 3.63) is 29.8 Å². The average molecular weight is 358 g/mol. The Labute approximate surface area is 153 Å². The zero-order chi connectivity index (χ0) is 18.5. The number of nitrogens with zero attached hydrogens (tertiary/aromatic N) is 1. The van der Waals surface area contributed by atoms with Crippen molar-refractivity contribution in [1.29, 1.82) is 0 Å². The molecule has 1 aromatic rings. The Balaban J connectivity index is 1.49. The van der Waals surface area contributed by atoms with Gasteiger partial charge in [0.15, 0.2) is 0 Å². The van der Waals surface area contributed by atoms with Gasteiger partial charge in [0.1, 0.15) is 0 Å². The second kappa shape index (κ2) is 8.34. The fourth-order valence-electron chi connectivity index (χ4n) is 3.85. The van der Waals surface area contributed by atoms with Crippen molar-refractivity contribution in [2.75, 3.05) is 25.5 Å². The molecule has 0 radical (unpaired) electrons.